The van der Waals surface area contributed by atoms with E-state index in [2.05, 4.69) is 15.3 Å². The average molecular weight is 387 g/mol. The van der Waals surface area contributed by atoms with Gasteiger partial charge in [0.05, 0.1) is 12.3 Å². The summed E-state index contributed by atoms with van der Waals surface area (Å²) in [5.74, 6) is -0.406. The van der Waals surface area contributed by atoms with Crippen LogP contribution in [0.15, 0.2) is 22.8 Å². The molecule has 1 aliphatic rings. The fourth-order valence-corrected chi connectivity index (χ4v) is 3.92. The molecule has 0 aliphatic carbocycles. The van der Waals surface area contributed by atoms with Gasteiger partial charge >= 0.3 is 12.0 Å². The summed E-state index contributed by atoms with van der Waals surface area (Å²) in [7, 11) is 0. The Hall–Kier alpha value is -3.01. The summed E-state index contributed by atoms with van der Waals surface area (Å²) < 4.78 is 9.74. The number of ether oxygens (including phenoxy) is 1. The van der Waals surface area contributed by atoms with Crippen molar-refractivity contribution in [3.63, 3.8) is 0 Å². The molecule has 3 heterocycles. The predicted octanol–water partition coefficient (Wildman–Crippen LogP) is 2.61. The molecule has 9 nitrogen and oxygen atoms in total. The van der Waals surface area contributed by atoms with E-state index in [1.54, 1.807) is 23.6 Å². The zero-order valence-electron chi connectivity index (χ0n) is 14.8. The third kappa shape index (κ3) is 3.23. The molecule has 0 saturated carbocycles. The van der Waals surface area contributed by atoms with E-state index in [0.717, 1.165) is 5.56 Å². The van der Waals surface area contributed by atoms with Crippen molar-refractivity contribution >= 4 is 39.5 Å². The normalized spacial score (nSPS) is 14.4. The van der Waals surface area contributed by atoms with Gasteiger partial charge in [0.2, 0.25) is 0 Å². The molecule has 1 aromatic carbocycles. The minimum Gasteiger partial charge on any atom is -0.462 e. The number of aromatic nitrogens is 3. The number of urea groups is 1. The topological polar surface area (TPSA) is 102 Å². The number of carbonyl (C=O) groups excluding carboxylic acids is 2. The minimum absolute atomic E-state index is 0.141. The van der Waals surface area contributed by atoms with Gasteiger partial charge in [0.15, 0.2) is 5.13 Å². The molecular formula is C17H17N5O4S. The van der Waals surface area contributed by atoms with Crippen molar-refractivity contribution in [2.24, 2.45) is 0 Å². The van der Waals surface area contributed by atoms with Crippen LogP contribution in [0, 0.1) is 6.92 Å². The van der Waals surface area contributed by atoms with E-state index in [4.69, 9.17) is 9.37 Å². The first kappa shape index (κ1) is 17.4. The number of thiazole rings is 1. The lowest BCUT2D eigenvalue weighted by Gasteiger charge is -2.16. The lowest BCUT2D eigenvalue weighted by atomic mass is 10.2. The standard InChI is InChI=1S/C17H17N5O4S/c1-3-25-15(23)14-10(2)18-16(27-14)22-7-6-21(17(22)24)9-11-4-5-12-13(8-11)20-26-19-12/h4-5,8H,3,6-7,9H2,1-2H3. The minimum atomic E-state index is -0.406. The zero-order valence-corrected chi connectivity index (χ0v) is 15.7. The summed E-state index contributed by atoms with van der Waals surface area (Å²) in [4.78, 5) is 32.9. The summed E-state index contributed by atoms with van der Waals surface area (Å²) in [6.45, 7) is 5.33. The van der Waals surface area contributed by atoms with Crippen LogP contribution in [0.25, 0.3) is 11.0 Å². The Bertz CT molecular complexity index is 1010. The van der Waals surface area contributed by atoms with E-state index in [1.165, 1.54) is 11.3 Å². The van der Waals surface area contributed by atoms with E-state index in [-0.39, 0.29) is 6.03 Å². The molecule has 0 unspecified atom stereocenters. The molecule has 0 spiro atoms. The van der Waals surface area contributed by atoms with Crippen LogP contribution in [0.2, 0.25) is 0 Å². The Morgan fingerprint density at radius 1 is 1.30 bits per heavy atom. The van der Waals surface area contributed by atoms with E-state index < -0.39 is 5.97 Å². The van der Waals surface area contributed by atoms with E-state index >= 15 is 0 Å². The van der Waals surface area contributed by atoms with Crippen molar-refractivity contribution in [2.45, 2.75) is 20.4 Å². The van der Waals surface area contributed by atoms with Crippen LogP contribution in [0.1, 0.15) is 27.9 Å². The molecule has 1 saturated heterocycles. The maximum atomic E-state index is 12.8. The van der Waals surface area contributed by atoms with Crippen LogP contribution in [-0.4, -0.2) is 51.9 Å². The highest BCUT2D eigenvalue weighted by molar-refractivity contribution is 7.17. The molecule has 1 fully saturated rings. The van der Waals surface area contributed by atoms with Crippen molar-refractivity contribution in [3.05, 3.63) is 34.3 Å². The predicted molar refractivity (Wildman–Crippen MR) is 97.8 cm³/mol. The zero-order chi connectivity index (χ0) is 19.0. The lowest BCUT2D eigenvalue weighted by Crippen LogP contribution is -2.31. The van der Waals surface area contributed by atoms with Crippen LogP contribution >= 0.6 is 11.3 Å². The molecule has 3 aromatic rings. The van der Waals surface area contributed by atoms with Gasteiger partial charge in [-0.15, -0.1) is 0 Å². The monoisotopic (exact) mass is 387 g/mol. The fraction of sp³-hybridized carbons (Fsp3) is 0.353. The second kappa shape index (κ2) is 6.95. The smallest absolute Gasteiger partial charge is 0.350 e. The van der Waals surface area contributed by atoms with Gasteiger partial charge in [0.25, 0.3) is 0 Å². The second-order valence-electron chi connectivity index (χ2n) is 6.07. The quantitative estimate of drug-likeness (QED) is 0.620. The number of hydrogen-bond acceptors (Lipinski definition) is 8. The largest absolute Gasteiger partial charge is 0.462 e. The van der Waals surface area contributed by atoms with Gasteiger partial charge < -0.3 is 9.64 Å². The highest BCUT2D eigenvalue weighted by atomic mass is 32.1. The third-order valence-corrected chi connectivity index (χ3v) is 5.42. The number of carbonyl (C=O) groups is 2. The molecule has 0 bridgehead atoms. The molecule has 2 amide bonds. The number of anilines is 1. The Balaban J connectivity index is 1.50. The third-order valence-electron chi connectivity index (χ3n) is 4.26. The number of fused-ring (bicyclic) bond motifs is 1. The van der Waals surface area contributed by atoms with Crippen LogP contribution in [0.3, 0.4) is 0 Å². The molecule has 140 valence electrons. The number of nitrogens with zero attached hydrogens (tertiary/aromatic N) is 5. The van der Waals surface area contributed by atoms with E-state index in [0.29, 0.717) is 53.0 Å². The number of benzene rings is 1. The van der Waals surface area contributed by atoms with Gasteiger partial charge in [0, 0.05) is 19.6 Å². The van der Waals surface area contributed by atoms with Crippen LogP contribution in [0.5, 0.6) is 0 Å². The molecule has 0 radical (unpaired) electrons. The van der Waals surface area contributed by atoms with Gasteiger partial charge in [-0.3, -0.25) is 4.90 Å². The van der Waals surface area contributed by atoms with Gasteiger partial charge in [-0.05, 0) is 41.9 Å². The molecule has 10 heteroatoms. The average Bonchev–Trinajstić information content (AvgIpc) is 3.34. The Kier molecular flexibility index (Phi) is 4.48. The van der Waals surface area contributed by atoms with Gasteiger partial charge in [-0.2, -0.15) is 0 Å². The van der Waals surface area contributed by atoms with Gasteiger partial charge in [-0.1, -0.05) is 17.4 Å². The van der Waals surface area contributed by atoms with Crippen LogP contribution in [0.4, 0.5) is 9.93 Å². The highest BCUT2D eigenvalue weighted by Gasteiger charge is 2.32. The molecule has 0 N–H and O–H groups in total. The van der Waals surface area contributed by atoms with Crippen LogP contribution < -0.4 is 4.90 Å². The molecule has 4 rings (SSSR count). The number of aryl methyl sites for hydroxylation is 1. The number of amides is 2. The molecule has 1 aliphatic heterocycles. The van der Waals surface area contributed by atoms with Crippen molar-refractivity contribution in [3.8, 4) is 0 Å². The maximum absolute atomic E-state index is 12.8. The summed E-state index contributed by atoms with van der Waals surface area (Å²) in [6.07, 6.45) is 0. The molecular weight excluding hydrogens is 370 g/mol. The van der Waals surface area contributed by atoms with E-state index in [9.17, 15) is 9.59 Å². The summed E-state index contributed by atoms with van der Waals surface area (Å²) in [6, 6.07) is 5.43. The SMILES string of the molecule is CCOC(=O)c1sc(N2CCN(Cc3ccc4nonc4c3)C2=O)nc1C. The summed E-state index contributed by atoms with van der Waals surface area (Å²) in [5.41, 5.74) is 2.85. The first-order valence-electron chi connectivity index (χ1n) is 8.49. The van der Waals surface area contributed by atoms with Crippen molar-refractivity contribution in [1.82, 2.24) is 20.2 Å². The van der Waals surface area contributed by atoms with E-state index in [1.807, 2.05) is 18.2 Å². The Morgan fingerprint density at radius 3 is 2.93 bits per heavy atom. The maximum Gasteiger partial charge on any atom is 0.350 e. The summed E-state index contributed by atoms with van der Waals surface area (Å²) >= 11 is 1.18. The fourth-order valence-electron chi connectivity index (χ4n) is 2.94. The first-order valence-corrected chi connectivity index (χ1v) is 9.30. The van der Waals surface area contributed by atoms with Gasteiger partial charge in [0.1, 0.15) is 15.9 Å². The van der Waals surface area contributed by atoms with Crippen molar-refractivity contribution in [2.75, 3.05) is 24.6 Å². The Morgan fingerprint density at radius 2 is 2.11 bits per heavy atom. The van der Waals surface area contributed by atoms with Crippen molar-refractivity contribution < 1.29 is 19.0 Å². The van der Waals surface area contributed by atoms with Gasteiger partial charge in [-0.25, -0.2) is 19.2 Å². The number of hydrogen-bond donors (Lipinski definition) is 0. The number of rotatable bonds is 5. The number of esters is 1. The molecule has 2 aromatic heterocycles. The first-order chi connectivity index (χ1) is 13.1. The van der Waals surface area contributed by atoms with Crippen molar-refractivity contribution in [1.29, 1.82) is 0 Å². The molecule has 0 atom stereocenters. The lowest BCUT2D eigenvalue weighted by molar-refractivity contribution is 0.0531. The second-order valence-corrected chi connectivity index (χ2v) is 7.05. The Labute approximate surface area is 158 Å². The summed E-state index contributed by atoms with van der Waals surface area (Å²) in [5, 5.41) is 8.12. The molecule has 27 heavy (non-hydrogen) atoms. The van der Waals surface area contributed by atoms with Crippen LogP contribution in [-0.2, 0) is 11.3 Å². The highest BCUT2D eigenvalue weighted by Crippen LogP contribution is 2.30.